The van der Waals surface area contributed by atoms with Crippen molar-refractivity contribution in [3.05, 3.63) is 6.33 Å². The lowest BCUT2D eigenvalue weighted by molar-refractivity contribution is -0.0502. The maximum Gasteiger partial charge on any atom is 0.534 e. The predicted molar refractivity (Wildman–Crippen MR) is 32.0 cm³/mol. The molecule has 0 amide bonds. The molecule has 0 saturated heterocycles. The Balaban J connectivity index is 2.87. The third kappa shape index (κ3) is 2.08. The van der Waals surface area contributed by atoms with Crippen LogP contribution >= 0.6 is 0 Å². The van der Waals surface area contributed by atoms with Crippen LogP contribution in [-0.2, 0) is 10.1 Å². The van der Waals surface area contributed by atoms with Crippen molar-refractivity contribution in [2.45, 2.75) is 5.51 Å². The Morgan fingerprint density at radius 2 is 2.08 bits per heavy atom. The molecule has 13 heavy (non-hydrogen) atoms. The second-order valence-electron chi connectivity index (χ2n) is 1.77. The molecular weight excluding hydrogens is 215 g/mol. The molecule has 0 saturated carbocycles. The summed E-state index contributed by atoms with van der Waals surface area (Å²) in [6.07, 6.45) is 0.807. The van der Waals surface area contributed by atoms with E-state index in [1.54, 1.807) is 5.10 Å². The first-order valence-corrected chi connectivity index (χ1v) is 4.10. The molecule has 0 aliphatic rings. The average Bonchev–Trinajstić information content (AvgIpc) is 2.35. The van der Waals surface area contributed by atoms with Crippen LogP contribution in [0.4, 0.5) is 13.2 Å². The van der Waals surface area contributed by atoms with Crippen molar-refractivity contribution >= 4 is 10.1 Å². The number of alkyl halides is 3. The van der Waals surface area contributed by atoms with Gasteiger partial charge in [-0.2, -0.15) is 31.7 Å². The van der Waals surface area contributed by atoms with E-state index in [-0.39, 0.29) is 0 Å². The minimum Gasteiger partial charge on any atom is -0.337 e. The maximum absolute atomic E-state index is 11.7. The molecule has 6 nitrogen and oxygen atoms in total. The minimum absolute atomic E-state index is 0.807. The highest BCUT2D eigenvalue weighted by molar-refractivity contribution is 7.87. The molecule has 10 heteroatoms. The molecule has 0 fully saturated rings. The number of hydrogen-bond donors (Lipinski definition) is 1. The van der Waals surface area contributed by atoms with E-state index < -0.39 is 21.6 Å². The topological polar surface area (TPSA) is 84.9 Å². The van der Waals surface area contributed by atoms with Gasteiger partial charge >= 0.3 is 21.6 Å². The van der Waals surface area contributed by atoms with Crippen LogP contribution in [0.5, 0.6) is 6.01 Å². The van der Waals surface area contributed by atoms with Crippen molar-refractivity contribution in [3.8, 4) is 6.01 Å². The van der Waals surface area contributed by atoms with Crippen molar-refractivity contribution < 1.29 is 25.8 Å². The van der Waals surface area contributed by atoms with E-state index >= 15 is 0 Å². The molecule has 0 aromatic carbocycles. The molecule has 0 spiro atoms. The van der Waals surface area contributed by atoms with Crippen molar-refractivity contribution in [1.29, 1.82) is 0 Å². The number of aromatic amines is 1. The second-order valence-corrected chi connectivity index (χ2v) is 3.31. The third-order valence-corrected chi connectivity index (χ3v) is 1.81. The Morgan fingerprint density at radius 1 is 1.46 bits per heavy atom. The second kappa shape index (κ2) is 2.87. The van der Waals surface area contributed by atoms with Crippen molar-refractivity contribution in [2.24, 2.45) is 0 Å². The molecule has 1 aromatic heterocycles. The van der Waals surface area contributed by atoms with E-state index in [4.69, 9.17) is 0 Å². The van der Waals surface area contributed by atoms with Crippen LogP contribution in [0.15, 0.2) is 6.33 Å². The summed E-state index contributed by atoms with van der Waals surface area (Å²) < 4.78 is 59.0. The number of H-pyrrole nitrogens is 1. The fourth-order valence-corrected chi connectivity index (χ4v) is 0.768. The standard InChI is InChI=1S/C3H2F3N3O3S/c4-3(5,6)13(10,11)12-2-7-1-8-9-2/h1H,(H,7,8,9). The van der Waals surface area contributed by atoms with Gasteiger partial charge in [0.2, 0.25) is 0 Å². The highest BCUT2D eigenvalue weighted by Crippen LogP contribution is 2.24. The first-order valence-electron chi connectivity index (χ1n) is 2.69. The molecule has 0 radical (unpaired) electrons. The summed E-state index contributed by atoms with van der Waals surface area (Å²) in [6.45, 7) is 0. The number of aromatic nitrogens is 3. The van der Waals surface area contributed by atoms with Gasteiger partial charge in [0.05, 0.1) is 0 Å². The highest BCUT2D eigenvalue weighted by Gasteiger charge is 2.49. The molecular formula is C3H2F3N3O3S. The summed E-state index contributed by atoms with van der Waals surface area (Å²) in [5.41, 5.74) is -5.47. The first-order chi connectivity index (χ1) is 5.83. The molecule has 1 rings (SSSR count). The van der Waals surface area contributed by atoms with E-state index in [9.17, 15) is 21.6 Å². The van der Waals surface area contributed by atoms with Crippen LogP contribution in [0.2, 0.25) is 0 Å². The van der Waals surface area contributed by atoms with Gasteiger partial charge in [-0.05, 0) is 0 Å². The first kappa shape index (κ1) is 9.77. The summed E-state index contributed by atoms with van der Waals surface area (Å²) >= 11 is 0. The Hall–Kier alpha value is -1.32. The Labute approximate surface area is 69.9 Å². The average molecular weight is 217 g/mol. The van der Waals surface area contributed by atoms with Crippen LogP contribution in [0.1, 0.15) is 0 Å². The number of halogens is 3. The largest absolute Gasteiger partial charge is 0.534 e. The Kier molecular flexibility index (Phi) is 2.15. The molecule has 0 atom stereocenters. The molecule has 0 aliphatic heterocycles. The van der Waals surface area contributed by atoms with Gasteiger partial charge in [-0.15, -0.1) is 0 Å². The SMILES string of the molecule is O=S(=O)(Oc1ncn[nH]1)C(F)(F)F. The van der Waals surface area contributed by atoms with Crippen LogP contribution < -0.4 is 4.18 Å². The van der Waals surface area contributed by atoms with E-state index in [0.717, 1.165) is 6.33 Å². The van der Waals surface area contributed by atoms with Crippen molar-refractivity contribution in [2.75, 3.05) is 0 Å². The normalized spacial score (nSPS) is 12.8. The van der Waals surface area contributed by atoms with Gasteiger partial charge in [0.1, 0.15) is 6.33 Å². The van der Waals surface area contributed by atoms with Crippen LogP contribution in [0, 0.1) is 0 Å². The quantitative estimate of drug-likeness (QED) is 0.558. The number of rotatable bonds is 2. The van der Waals surface area contributed by atoms with Gasteiger partial charge in [0.25, 0.3) is 0 Å². The lowest BCUT2D eigenvalue weighted by Gasteiger charge is -2.05. The summed E-state index contributed by atoms with van der Waals surface area (Å²) in [4.78, 5) is 3.05. The predicted octanol–water partition coefficient (Wildman–Crippen LogP) is 0.0331. The molecule has 1 aromatic rings. The zero-order valence-corrected chi connectivity index (χ0v) is 6.56. The van der Waals surface area contributed by atoms with E-state index in [0.29, 0.717) is 0 Å². The number of hydrogen-bond acceptors (Lipinski definition) is 5. The fraction of sp³-hybridized carbons (Fsp3) is 0.333. The zero-order chi connectivity index (χ0) is 10.1. The van der Waals surface area contributed by atoms with Gasteiger partial charge in [-0.25, -0.2) is 5.10 Å². The minimum atomic E-state index is -5.65. The summed E-state index contributed by atoms with van der Waals surface area (Å²) in [6, 6.07) is -0.836. The Morgan fingerprint density at radius 3 is 2.46 bits per heavy atom. The van der Waals surface area contributed by atoms with Crippen LogP contribution in [0.25, 0.3) is 0 Å². The van der Waals surface area contributed by atoms with Gasteiger partial charge < -0.3 is 4.18 Å². The fourth-order valence-electron chi connectivity index (χ4n) is 0.386. The summed E-state index contributed by atoms with van der Waals surface area (Å²) in [7, 11) is -5.65. The van der Waals surface area contributed by atoms with Gasteiger partial charge in [-0.3, -0.25) is 0 Å². The number of nitrogens with one attached hydrogen (secondary N) is 1. The maximum atomic E-state index is 11.7. The van der Waals surface area contributed by atoms with Crippen molar-refractivity contribution in [1.82, 2.24) is 15.2 Å². The third-order valence-electron chi connectivity index (χ3n) is 0.865. The van der Waals surface area contributed by atoms with E-state index in [2.05, 4.69) is 14.3 Å². The van der Waals surface area contributed by atoms with Crippen molar-refractivity contribution in [3.63, 3.8) is 0 Å². The molecule has 1 N–H and O–H groups in total. The lowest BCUT2D eigenvalue weighted by atomic mass is 11.2. The lowest BCUT2D eigenvalue weighted by Crippen LogP contribution is -2.28. The molecule has 74 valence electrons. The van der Waals surface area contributed by atoms with Gasteiger partial charge in [0.15, 0.2) is 0 Å². The van der Waals surface area contributed by atoms with Gasteiger partial charge in [-0.1, -0.05) is 0 Å². The Bertz CT molecular complexity index is 368. The smallest absolute Gasteiger partial charge is 0.337 e. The molecule has 0 aliphatic carbocycles. The monoisotopic (exact) mass is 217 g/mol. The highest BCUT2D eigenvalue weighted by atomic mass is 32.2. The molecule has 0 unspecified atom stereocenters. The number of nitrogens with zero attached hydrogens (tertiary/aromatic N) is 2. The summed E-state index contributed by atoms with van der Waals surface area (Å²) in [5.74, 6) is 0. The zero-order valence-electron chi connectivity index (χ0n) is 5.74. The molecule has 0 bridgehead atoms. The van der Waals surface area contributed by atoms with Gasteiger partial charge in [0, 0.05) is 0 Å². The van der Waals surface area contributed by atoms with E-state index in [1.165, 1.54) is 0 Å². The van der Waals surface area contributed by atoms with Crippen LogP contribution in [0.3, 0.4) is 0 Å². The van der Waals surface area contributed by atoms with Crippen LogP contribution in [-0.4, -0.2) is 29.1 Å². The van der Waals surface area contributed by atoms with E-state index in [1.807, 2.05) is 0 Å². The summed E-state index contributed by atoms with van der Waals surface area (Å²) in [5, 5.41) is 4.90. The molecule has 1 heterocycles.